The predicted octanol–water partition coefficient (Wildman–Crippen LogP) is 2.36. The van der Waals surface area contributed by atoms with Crippen LogP contribution < -0.4 is 4.90 Å². The molecule has 0 radical (unpaired) electrons. The van der Waals surface area contributed by atoms with Crippen molar-refractivity contribution in [1.29, 1.82) is 0 Å². The zero-order chi connectivity index (χ0) is 14.9. The summed E-state index contributed by atoms with van der Waals surface area (Å²) in [6.45, 7) is 1.50. The summed E-state index contributed by atoms with van der Waals surface area (Å²) in [6.07, 6.45) is 4.51. The van der Waals surface area contributed by atoms with Crippen molar-refractivity contribution in [2.45, 2.75) is 18.9 Å². The van der Waals surface area contributed by atoms with Gasteiger partial charge in [0, 0.05) is 36.8 Å². The Morgan fingerprint density at radius 2 is 2.05 bits per heavy atom. The van der Waals surface area contributed by atoms with Gasteiger partial charge in [0.1, 0.15) is 5.82 Å². The Kier molecular flexibility index (Phi) is 4.94. The van der Waals surface area contributed by atoms with E-state index in [0.29, 0.717) is 5.02 Å². The molecule has 0 atom stereocenters. The van der Waals surface area contributed by atoms with Gasteiger partial charge in [-0.15, -0.1) is 0 Å². The highest BCUT2D eigenvalue weighted by molar-refractivity contribution is 9.10. The number of sulfonamides is 1. The molecule has 5 nitrogen and oxygen atoms in total. The van der Waals surface area contributed by atoms with Crippen LogP contribution in [0.2, 0.25) is 5.02 Å². The first-order valence-corrected chi connectivity index (χ1v) is 9.30. The number of halogens is 2. The highest BCUT2D eigenvalue weighted by Gasteiger charge is 2.28. The highest BCUT2D eigenvalue weighted by atomic mass is 79.9. The van der Waals surface area contributed by atoms with E-state index in [-0.39, 0.29) is 6.04 Å². The van der Waals surface area contributed by atoms with Crippen LogP contribution in [0.5, 0.6) is 0 Å². The quantitative estimate of drug-likeness (QED) is 0.805. The van der Waals surface area contributed by atoms with Crippen LogP contribution in [0.3, 0.4) is 0 Å². The number of pyridine rings is 1. The number of piperidine rings is 1. The third kappa shape index (κ3) is 3.63. The lowest BCUT2D eigenvalue weighted by Crippen LogP contribution is -2.45. The molecule has 1 fully saturated rings. The molecule has 0 aliphatic carbocycles. The van der Waals surface area contributed by atoms with Gasteiger partial charge in [-0.25, -0.2) is 17.7 Å². The van der Waals surface area contributed by atoms with Gasteiger partial charge >= 0.3 is 0 Å². The molecule has 1 aromatic rings. The summed E-state index contributed by atoms with van der Waals surface area (Å²) in [5.74, 6) is 0.760. The second-order valence-electron chi connectivity index (χ2n) is 4.96. The summed E-state index contributed by atoms with van der Waals surface area (Å²) in [5.41, 5.74) is 0. The van der Waals surface area contributed by atoms with Gasteiger partial charge in [0.25, 0.3) is 0 Å². The minimum Gasteiger partial charge on any atom is -0.355 e. The second kappa shape index (κ2) is 6.17. The summed E-state index contributed by atoms with van der Waals surface area (Å²) in [6, 6.07) is 1.87. The van der Waals surface area contributed by atoms with Crippen LogP contribution in [0.25, 0.3) is 0 Å². The Morgan fingerprint density at radius 3 is 2.55 bits per heavy atom. The van der Waals surface area contributed by atoms with E-state index in [4.69, 9.17) is 11.6 Å². The van der Waals surface area contributed by atoms with Crippen molar-refractivity contribution in [3.05, 3.63) is 21.8 Å². The van der Waals surface area contributed by atoms with Crippen LogP contribution in [-0.2, 0) is 10.0 Å². The zero-order valence-corrected chi connectivity index (χ0v) is 14.5. The molecule has 1 aromatic heterocycles. The Bertz CT molecular complexity index is 588. The van der Waals surface area contributed by atoms with Gasteiger partial charge in [-0.2, -0.15) is 0 Å². The van der Waals surface area contributed by atoms with Gasteiger partial charge in [0.05, 0.1) is 11.3 Å². The van der Waals surface area contributed by atoms with Gasteiger partial charge in [-0.3, -0.25) is 0 Å². The largest absolute Gasteiger partial charge is 0.355 e. The average molecular weight is 383 g/mol. The van der Waals surface area contributed by atoms with Gasteiger partial charge < -0.3 is 4.90 Å². The van der Waals surface area contributed by atoms with Crippen molar-refractivity contribution < 1.29 is 8.42 Å². The summed E-state index contributed by atoms with van der Waals surface area (Å²) in [7, 11) is -1.49. The van der Waals surface area contributed by atoms with Crippen molar-refractivity contribution in [2.24, 2.45) is 0 Å². The number of hydrogen-bond donors (Lipinski definition) is 0. The first-order valence-electron chi connectivity index (χ1n) is 6.28. The number of rotatable bonds is 3. The number of hydrogen-bond acceptors (Lipinski definition) is 4. The number of aromatic nitrogens is 1. The van der Waals surface area contributed by atoms with Crippen LogP contribution in [-0.4, -0.2) is 50.1 Å². The lowest BCUT2D eigenvalue weighted by atomic mass is 10.1. The van der Waals surface area contributed by atoms with Crippen molar-refractivity contribution in [2.75, 3.05) is 31.3 Å². The predicted molar refractivity (Wildman–Crippen MR) is 84.8 cm³/mol. The maximum atomic E-state index is 11.5. The average Bonchev–Trinajstić information content (AvgIpc) is 2.37. The summed E-state index contributed by atoms with van der Waals surface area (Å²) in [5, 5.41) is 0.606. The van der Waals surface area contributed by atoms with Crippen molar-refractivity contribution in [3.8, 4) is 0 Å². The molecule has 20 heavy (non-hydrogen) atoms. The standard InChI is InChI=1S/C12H17BrClN3O2S/c1-16(20(2,18)19)10-3-5-17(6-4-10)12-11(14)7-9(13)8-15-12/h7-8,10H,3-6H2,1-2H3. The van der Waals surface area contributed by atoms with Crippen LogP contribution in [0.1, 0.15) is 12.8 Å². The third-order valence-corrected chi connectivity index (χ3v) is 5.65. The summed E-state index contributed by atoms with van der Waals surface area (Å²) in [4.78, 5) is 6.43. The van der Waals surface area contributed by atoms with Gasteiger partial charge in [-0.05, 0) is 34.8 Å². The molecule has 0 N–H and O–H groups in total. The Balaban J connectivity index is 2.04. The molecule has 112 valence electrons. The van der Waals surface area contributed by atoms with Gasteiger partial charge in [-0.1, -0.05) is 11.6 Å². The minimum atomic E-state index is -3.13. The molecule has 1 aliphatic rings. The van der Waals surface area contributed by atoms with Crippen LogP contribution in [0.15, 0.2) is 16.7 Å². The molecule has 0 unspecified atom stereocenters. The first-order chi connectivity index (χ1) is 9.29. The smallest absolute Gasteiger partial charge is 0.211 e. The van der Waals surface area contributed by atoms with Gasteiger partial charge in [0.2, 0.25) is 10.0 Å². The van der Waals surface area contributed by atoms with E-state index in [1.165, 1.54) is 10.6 Å². The van der Waals surface area contributed by atoms with E-state index < -0.39 is 10.0 Å². The Hall–Kier alpha value is -0.370. The van der Waals surface area contributed by atoms with Crippen molar-refractivity contribution in [1.82, 2.24) is 9.29 Å². The van der Waals surface area contributed by atoms with Crippen LogP contribution >= 0.6 is 27.5 Å². The zero-order valence-electron chi connectivity index (χ0n) is 11.4. The molecular weight excluding hydrogens is 366 g/mol. The maximum absolute atomic E-state index is 11.5. The van der Waals surface area contributed by atoms with E-state index in [1.54, 1.807) is 13.2 Å². The Morgan fingerprint density at radius 1 is 1.45 bits per heavy atom. The fraction of sp³-hybridized carbons (Fsp3) is 0.583. The van der Waals surface area contributed by atoms with E-state index in [2.05, 4.69) is 25.8 Å². The van der Waals surface area contributed by atoms with Crippen LogP contribution in [0, 0.1) is 0 Å². The molecule has 2 heterocycles. The maximum Gasteiger partial charge on any atom is 0.211 e. The minimum absolute atomic E-state index is 0.0514. The fourth-order valence-electron chi connectivity index (χ4n) is 2.35. The second-order valence-corrected chi connectivity index (χ2v) is 8.32. The molecule has 0 aromatic carbocycles. The monoisotopic (exact) mass is 381 g/mol. The van der Waals surface area contributed by atoms with Crippen molar-refractivity contribution in [3.63, 3.8) is 0 Å². The molecule has 0 amide bonds. The SMILES string of the molecule is CN(C1CCN(c2ncc(Br)cc2Cl)CC1)S(C)(=O)=O. The number of anilines is 1. The van der Waals surface area contributed by atoms with E-state index in [1.807, 2.05) is 6.07 Å². The molecule has 1 aliphatic heterocycles. The van der Waals surface area contributed by atoms with E-state index in [9.17, 15) is 8.42 Å². The van der Waals surface area contributed by atoms with E-state index in [0.717, 1.165) is 36.2 Å². The molecule has 0 saturated carbocycles. The highest BCUT2D eigenvalue weighted by Crippen LogP contribution is 2.29. The summed E-state index contributed by atoms with van der Waals surface area (Å²) < 4.78 is 25.4. The molecular formula is C12H17BrClN3O2S. The lowest BCUT2D eigenvalue weighted by molar-refractivity contribution is 0.313. The lowest BCUT2D eigenvalue weighted by Gasteiger charge is -2.36. The third-order valence-electron chi connectivity index (χ3n) is 3.59. The topological polar surface area (TPSA) is 53.5 Å². The fourth-order valence-corrected chi connectivity index (χ4v) is 3.85. The molecule has 2 rings (SSSR count). The first kappa shape index (κ1) is 16.0. The molecule has 8 heteroatoms. The molecule has 0 bridgehead atoms. The Labute approximate surface area is 133 Å². The normalized spacial score (nSPS) is 17.8. The van der Waals surface area contributed by atoms with Gasteiger partial charge in [0.15, 0.2) is 0 Å². The van der Waals surface area contributed by atoms with Crippen molar-refractivity contribution >= 4 is 43.4 Å². The molecule has 0 spiro atoms. The molecule has 1 saturated heterocycles. The van der Waals surface area contributed by atoms with E-state index >= 15 is 0 Å². The van der Waals surface area contributed by atoms with Crippen LogP contribution in [0.4, 0.5) is 5.82 Å². The number of nitrogens with zero attached hydrogens (tertiary/aromatic N) is 3. The summed E-state index contributed by atoms with van der Waals surface area (Å²) >= 11 is 9.53.